The van der Waals surface area contributed by atoms with Crippen molar-refractivity contribution in [3.63, 3.8) is 0 Å². The zero-order chi connectivity index (χ0) is 14.1. The molecule has 0 aliphatic carbocycles. The van der Waals surface area contributed by atoms with Crippen LogP contribution in [-0.4, -0.2) is 43.7 Å². The van der Waals surface area contributed by atoms with Gasteiger partial charge in [0.05, 0.1) is 13.0 Å². The number of hydrogen-bond acceptors (Lipinski definition) is 5. The van der Waals surface area contributed by atoms with Crippen molar-refractivity contribution in [1.29, 1.82) is 0 Å². The van der Waals surface area contributed by atoms with Crippen molar-refractivity contribution >= 4 is 11.9 Å². The van der Waals surface area contributed by atoms with Crippen molar-refractivity contribution in [3.8, 4) is 0 Å². The number of hydrogen-bond donors (Lipinski definition) is 1. The second-order valence-corrected chi connectivity index (χ2v) is 3.99. The molecule has 0 bridgehead atoms. The molecule has 19 heavy (non-hydrogen) atoms. The average molecular weight is 266 g/mol. The molecule has 1 heterocycles. The highest BCUT2D eigenvalue weighted by Crippen LogP contribution is 2.01. The SMILES string of the molecule is COCCNC(=O)COC(=O)Cc1ccc(C)nc1. The molecule has 0 atom stereocenters. The minimum Gasteiger partial charge on any atom is -0.455 e. The first-order valence-electron chi connectivity index (χ1n) is 5.94. The first-order chi connectivity index (χ1) is 9.11. The molecule has 0 saturated heterocycles. The zero-order valence-electron chi connectivity index (χ0n) is 11.1. The Morgan fingerprint density at radius 2 is 2.16 bits per heavy atom. The molecule has 0 unspecified atom stereocenters. The van der Waals surface area contributed by atoms with E-state index >= 15 is 0 Å². The Morgan fingerprint density at radius 1 is 1.37 bits per heavy atom. The van der Waals surface area contributed by atoms with Gasteiger partial charge in [-0.05, 0) is 18.6 Å². The molecule has 6 heteroatoms. The van der Waals surface area contributed by atoms with Crippen molar-refractivity contribution in [2.45, 2.75) is 13.3 Å². The summed E-state index contributed by atoms with van der Waals surface area (Å²) in [6, 6.07) is 3.63. The highest BCUT2D eigenvalue weighted by atomic mass is 16.5. The lowest BCUT2D eigenvalue weighted by Crippen LogP contribution is -2.31. The fourth-order valence-electron chi connectivity index (χ4n) is 1.31. The van der Waals surface area contributed by atoms with Gasteiger partial charge >= 0.3 is 5.97 Å². The summed E-state index contributed by atoms with van der Waals surface area (Å²) in [5.41, 5.74) is 1.64. The number of nitrogens with one attached hydrogen (secondary N) is 1. The van der Waals surface area contributed by atoms with Crippen LogP contribution in [-0.2, 0) is 25.5 Å². The number of ether oxygens (including phenoxy) is 2. The first kappa shape index (κ1) is 15.1. The Bertz CT molecular complexity index is 417. The Kier molecular flexibility index (Phi) is 6.52. The Balaban J connectivity index is 2.24. The normalized spacial score (nSPS) is 10.0. The molecule has 6 nitrogen and oxygen atoms in total. The van der Waals surface area contributed by atoms with E-state index in [1.807, 2.05) is 19.1 Å². The number of rotatable bonds is 7. The topological polar surface area (TPSA) is 77.5 Å². The van der Waals surface area contributed by atoms with E-state index in [4.69, 9.17) is 9.47 Å². The molecular formula is C13H18N2O4. The van der Waals surface area contributed by atoms with Crippen LogP contribution in [0.2, 0.25) is 0 Å². The van der Waals surface area contributed by atoms with Gasteiger partial charge in [0.15, 0.2) is 6.61 Å². The van der Waals surface area contributed by atoms with Crippen LogP contribution in [0.3, 0.4) is 0 Å². The molecule has 104 valence electrons. The van der Waals surface area contributed by atoms with E-state index in [1.165, 1.54) is 0 Å². The van der Waals surface area contributed by atoms with E-state index in [0.29, 0.717) is 13.2 Å². The molecule has 0 radical (unpaired) electrons. The maximum Gasteiger partial charge on any atom is 0.310 e. The van der Waals surface area contributed by atoms with Crippen LogP contribution < -0.4 is 5.32 Å². The van der Waals surface area contributed by atoms with E-state index in [1.54, 1.807) is 13.3 Å². The molecular weight excluding hydrogens is 248 g/mol. The largest absolute Gasteiger partial charge is 0.455 e. The van der Waals surface area contributed by atoms with Gasteiger partial charge in [-0.2, -0.15) is 0 Å². The highest BCUT2D eigenvalue weighted by molar-refractivity contribution is 5.81. The summed E-state index contributed by atoms with van der Waals surface area (Å²) in [4.78, 5) is 26.8. The fraction of sp³-hybridized carbons (Fsp3) is 0.462. The lowest BCUT2D eigenvalue weighted by Gasteiger charge is -2.06. The average Bonchev–Trinajstić information content (AvgIpc) is 2.39. The molecule has 0 spiro atoms. The van der Waals surface area contributed by atoms with Crippen molar-refractivity contribution in [2.24, 2.45) is 0 Å². The smallest absolute Gasteiger partial charge is 0.310 e. The second kappa shape index (κ2) is 8.20. The molecule has 0 aliphatic rings. The van der Waals surface area contributed by atoms with Crippen molar-refractivity contribution in [3.05, 3.63) is 29.6 Å². The number of amides is 1. The summed E-state index contributed by atoms with van der Waals surface area (Å²) < 4.78 is 9.63. The number of aromatic nitrogens is 1. The van der Waals surface area contributed by atoms with Crippen LogP contribution in [0.4, 0.5) is 0 Å². The molecule has 1 amide bonds. The van der Waals surface area contributed by atoms with Crippen molar-refractivity contribution in [2.75, 3.05) is 26.9 Å². The third-order valence-electron chi connectivity index (χ3n) is 2.31. The summed E-state index contributed by atoms with van der Waals surface area (Å²) in [7, 11) is 1.54. The maximum atomic E-state index is 11.5. The van der Waals surface area contributed by atoms with Crippen molar-refractivity contribution in [1.82, 2.24) is 10.3 Å². The minimum atomic E-state index is -0.451. The Morgan fingerprint density at radius 3 is 2.79 bits per heavy atom. The number of carbonyl (C=O) groups is 2. The van der Waals surface area contributed by atoms with Gasteiger partial charge in [-0.3, -0.25) is 14.6 Å². The first-order valence-corrected chi connectivity index (χ1v) is 5.94. The van der Waals surface area contributed by atoms with Gasteiger partial charge in [-0.15, -0.1) is 0 Å². The monoisotopic (exact) mass is 266 g/mol. The van der Waals surface area contributed by atoms with Gasteiger partial charge in [0, 0.05) is 25.5 Å². The standard InChI is InChI=1S/C13H18N2O4/c1-10-3-4-11(8-15-10)7-13(17)19-9-12(16)14-5-6-18-2/h3-4,8H,5-7,9H2,1-2H3,(H,14,16). The summed E-state index contributed by atoms with van der Waals surface area (Å²) in [6.45, 7) is 2.41. The van der Waals surface area contributed by atoms with Gasteiger partial charge in [0.2, 0.25) is 0 Å². The molecule has 1 rings (SSSR count). The molecule has 1 aromatic heterocycles. The quantitative estimate of drug-likeness (QED) is 0.565. The van der Waals surface area contributed by atoms with Gasteiger partial charge in [0.25, 0.3) is 5.91 Å². The van der Waals surface area contributed by atoms with Gasteiger partial charge in [-0.1, -0.05) is 6.07 Å². The Labute approximate surface area is 112 Å². The third kappa shape index (κ3) is 6.52. The number of nitrogens with zero attached hydrogens (tertiary/aromatic N) is 1. The summed E-state index contributed by atoms with van der Waals surface area (Å²) in [5.74, 6) is -0.792. The molecule has 0 aliphatic heterocycles. The van der Waals surface area contributed by atoms with Gasteiger partial charge in [0.1, 0.15) is 0 Å². The van der Waals surface area contributed by atoms with Gasteiger partial charge < -0.3 is 14.8 Å². The summed E-state index contributed by atoms with van der Waals surface area (Å²) >= 11 is 0. The molecule has 1 aromatic rings. The molecule has 1 N–H and O–H groups in total. The van der Waals surface area contributed by atoms with E-state index in [9.17, 15) is 9.59 Å². The van der Waals surface area contributed by atoms with Crippen LogP contribution in [0.5, 0.6) is 0 Å². The van der Waals surface area contributed by atoms with E-state index in [-0.39, 0.29) is 18.9 Å². The number of carbonyl (C=O) groups excluding carboxylic acids is 2. The van der Waals surface area contributed by atoms with Crippen LogP contribution in [0.25, 0.3) is 0 Å². The maximum absolute atomic E-state index is 11.5. The van der Waals surface area contributed by atoms with E-state index < -0.39 is 5.97 Å². The number of esters is 1. The summed E-state index contributed by atoms with van der Waals surface area (Å²) in [5, 5.41) is 2.56. The lowest BCUT2D eigenvalue weighted by molar-refractivity contribution is -0.147. The molecule has 0 fully saturated rings. The predicted molar refractivity (Wildman–Crippen MR) is 68.5 cm³/mol. The second-order valence-electron chi connectivity index (χ2n) is 3.99. The predicted octanol–water partition coefficient (Wildman–Crippen LogP) is 0.238. The highest BCUT2D eigenvalue weighted by Gasteiger charge is 2.08. The number of pyridine rings is 1. The van der Waals surface area contributed by atoms with Crippen LogP contribution >= 0.6 is 0 Å². The van der Waals surface area contributed by atoms with Crippen LogP contribution in [0, 0.1) is 6.92 Å². The molecule has 0 saturated carbocycles. The van der Waals surface area contributed by atoms with Gasteiger partial charge in [-0.25, -0.2) is 0 Å². The number of aryl methyl sites for hydroxylation is 1. The minimum absolute atomic E-state index is 0.110. The Hall–Kier alpha value is -1.95. The third-order valence-corrected chi connectivity index (χ3v) is 2.31. The van der Waals surface area contributed by atoms with E-state index in [2.05, 4.69) is 10.3 Å². The van der Waals surface area contributed by atoms with Crippen molar-refractivity contribution < 1.29 is 19.1 Å². The zero-order valence-corrected chi connectivity index (χ0v) is 11.1. The fourth-order valence-corrected chi connectivity index (χ4v) is 1.31. The van der Waals surface area contributed by atoms with Crippen LogP contribution in [0.1, 0.15) is 11.3 Å². The summed E-state index contributed by atoms with van der Waals surface area (Å²) in [6.07, 6.45) is 1.73. The van der Waals surface area contributed by atoms with Crippen LogP contribution in [0.15, 0.2) is 18.3 Å². The van der Waals surface area contributed by atoms with E-state index in [0.717, 1.165) is 11.3 Å². The molecule has 0 aromatic carbocycles. The lowest BCUT2D eigenvalue weighted by atomic mass is 10.2. The number of methoxy groups -OCH3 is 1.